The maximum absolute atomic E-state index is 11.9. The number of hydrogen-bond acceptors (Lipinski definition) is 8. The third-order valence-corrected chi connectivity index (χ3v) is 7.42. The van der Waals surface area contributed by atoms with E-state index in [1.807, 2.05) is 6.92 Å². The van der Waals surface area contributed by atoms with Crippen molar-refractivity contribution >= 4 is 12.3 Å². The molecule has 182 valence electrons. The molecule has 0 bridgehead atoms. The minimum absolute atomic E-state index is 0.229. The van der Waals surface area contributed by atoms with Crippen LogP contribution in [0.1, 0.15) is 64.7 Å². The van der Waals surface area contributed by atoms with Crippen LogP contribution in [0.3, 0.4) is 0 Å². The highest BCUT2D eigenvalue weighted by Crippen LogP contribution is 2.39. The van der Waals surface area contributed by atoms with E-state index in [2.05, 4.69) is 0 Å². The molecule has 4 rings (SSSR count). The van der Waals surface area contributed by atoms with Crippen molar-refractivity contribution in [3.63, 3.8) is 0 Å². The first kappa shape index (κ1) is 23.6. The number of hydrogen-bond donors (Lipinski definition) is 0. The zero-order valence-electron chi connectivity index (χ0n) is 19.2. The van der Waals surface area contributed by atoms with Gasteiger partial charge in [-0.3, -0.25) is 0 Å². The van der Waals surface area contributed by atoms with Crippen LogP contribution < -0.4 is 0 Å². The van der Waals surface area contributed by atoms with Gasteiger partial charge < -0.3 is 28.4 Å². The SMILES string of the molecule is CC1CC(COC(=O)OCC2CCC(COC(=O)OCC3CCC4OC4C3)CC2)CCO1. The van der Waals surface area contributed by atoms with Crippen LogP contribution in [0, 0.1) is 23.7 Å². The average Bonchev–Trinajstić information content (AvgIpc) is 3.58. The molecule has 2 aliphatic heterocycles. The molecule has 0 amide bonds. The van der Waals surface area contributed by atoms with Crippen molar-refractivity contribution in [2.24, 2.45) is 23.7 Å². The molecule has 0 spiro atoms. The molecular formula is C24H38O8. The van der Waals surface area contributed by atoms with Gasteiger partial charge in [0.05, 0.1) is 44.7 Å². The maximum atomic E-state index is 11.9. The van der Waals surface area contributed by atoms with E-state index in [-0.39, 0.29) is 6.10 Å². The molecule has 5 unspecified atom stereocenters. The highest BCUT2D eigenvalue weighted by Gasteiger charge is 2.44. The molecule has 0 aromatic rings. The lowest BCUT2D eigenvalue weighted by Gasteiger charge is -2.28. The van der Waals surface area contributed by atoms with E-state index in [1.165, 1.54) is 0 Å². The van der Waals surface area contributed by atoms with Gasteiger partial charge in [0.15, 0.2) is 0 Å². The molecule has 4 fully saturated rings. The highest BCUT2D eigenvalue weighted by atomic mass is 16.7. The van der Waals surface area contributed by atoms with Crippen LogP contribution in [-0.2, 0) is 28.4 Å². The zero-order chi connectivity index (χ0) is 22.3. The minimum Gasteiger partial charge on any atom is -0.434 e. The normalized spacial score (nSPS) is 36.5. The van der Waals surface area contributed by atoms with Crippen molar-refractivity contribution in [1.29, 1.82) is 0 Å². The molecule has 8 heteroatoms. The molecule has 2 aliphatic carbocycles. The van der Waals surface area contributed by atoms with Gasteiger partial charge in [-0.2, -0.15) is 0 Å². The third kappa shape index (κ3) is 7.51. The Morgan fingerprint density at radius 1 is 0.656 bits per heavy atom. The topological polar surface area (TPSA) is 92.8 Å². The summed E-state index contributed by atoms with van der Waals surface area (Å²) in [4.78, 5) is 23.8. The van der Waals surface area contributed by atoms with Gasteiger partial charge in [-0.1, -0.05) is 0 Å². The van der Waals surface area contributed by atoms with Crippen LogP contribution in [0.25, 0.3) is 0 Å². The fraction of sp³-hybridized carbons (Fsp3) is 0.917. The molecule has 0 aromatic heterocycles. The number of fused-ring (bicyclic) bond motifs is 1. The van der Waals surface area contributed by atoms with Crippen LogP contribution in [0.2, 0.25) is 0 Å². The smallest absolute Gasteiger partial charge is 0.434 e. The molecule has 32 heavy (non-hydrogen) atoms. The lowest BCUT2D eigenvalue weighted by Crippen LogP contribution is -2.28. The Kier molecular flexibility index (Phi) is 8.52. The summed E-state index contributed by atoms with van der Waals surface area (Å²) in [7, 11) is 0. The number of carbonyl (C=O) groups excluding carboxylic acids is 2. The second kappa shape index (κ2) is 11.5. The lowest BCUT2D eigenvalue weighted by molar-refractivity contribution is -0.0256. The molecule has 0 N–H and O–H groups in total. The Morgan fingerprint density at radius 3 is 1.69 bits per heavy atom. The number of ether oxygens (including phenoxy) is 6. The molecule has 2 saturated heterocycles. The summed E-state index contributed by atoms with van der Waals surface area (Å²) in [6, 6.07) is 0. The van der Waals surface area contributed by atoms with Gasteiger partial charge in [0.25, 0.3) is 0 Å². The van der Waals surface area contributed by atoms with E-state index >= 15 is 0 Å². The van der Waals surface area contributed by atoms with Gasteiger partial charge in [0.1, 0.15) is 0 Å². The third-order valence-electron chi connectivity index (χ3n) is 7.42. The van der Waals surface area contributed by atoms with Crippen molar-refractivity contribution in [3.05, 3.63) is 0 Å². The number of rotatable bonds is 8. The van der Waals surface area contributed by atoms with Crippen molar-refractivity contribution in [2.45, 2.75) is 83.0 Å². The minimum atomic E-state index is -0.570. The number of epoxide rings is 1. The van der Waals surface area contributed by atoms with E-state index < -0.39 is 12.3 Å². The Labute approximate surface area is 190 Å². The van der Waals surface area contributed by atoms with Gasteiger partial charge in [0, 0.05) is 6.61 Å². The predicted octanol–water partition coefficient (Wildman–Crippen LogP) is 4.48. The zero-order valence-corrected chi connectivity index (χ0v) is 19.2. The van der Waals surface area contributed by atoms with Gasteiger partial charge in [0.2, 0.25) is 0 Å². The summed E-state index contributed by atoms with van der Waals surface area (Å²) in [5, 5.41) is 0. The van der Waals surface area contributed by atoms with Gasteiger partial charge in [-0.25, -0.2) is 9.59 Å². The monoisotopic (exact) mass is 454 g/mol. The maximum Gasteiger partial charge on any atom is 0.508 e. The van der Waals surface area contributed by atoms with Crippen molar-refractivity contribution in [2.75, 3.05) is 33.0 Å². The van der Waals surface area contributed by atoms with E-state index in [0.29, 0.717) is 62.3 Å². The van der Waals surface area contributed by atoms with E-state index in [1.54, 1.807) is 0 Å². The molecule has 4 aliphatic rings. The summed E-state index contributed by atoms with van der Waals surface area (Å²) < 4.78 is 32.3. The van der Waals surface area contributed by atoms with Crippen molar-refractivity contribution in [1.82, 2.24) is 0 Å². The number of carbonyl (C=O) groups is 2. The Hall–Kier alpha value is -1.54. The van der Waals surface area contributed by atoms with E-state index in [0.717, 1.165) is 64.4 Å². The van der Waals surface area contributed by atoms with Gasteiger partial charge in [-0.05, 0) is 88.4 Å². The van der Waals surface area contributed by atoms with Crippen LogP contribution in [0.15, 0.2) is 0 Å². The first-order valence-electron chi connectivity index (χ1n) is 12.4. The molecular weight excluding hydrogens is 416 g/mol. The summed E-state index contributed by atoms with van der Waals surface area (Å²) in [5.74, 6) is 1.44. The summed E-state index contributed by atoms with van der Waals surface area (Å²) in [5.41, 5.74) is 0. The Morgan fingerprint density at radius 2 is 1.16 bits per heavy atom. The average molecular weight is 455 g/mol. The fourth-order valence-corrected chi connectivity index (χ4v) is 5.27. The van der Waals surface area contributed by atoms with Gasteiger partial charge >= 0.3 is 12.3 Å². The second-order valence-electron chi connectivity index (χ2n) is 10.1. The molecule has 5 atom stereocenters. The van der Waals surface area contributed by atoms with E-state index in [4.69, 9.17) is 28.4 Å². The lowest BCUT2D eigenvalue weighted by atomic mass is 9.83. The van der Waals surface area contributed by atoms with Gasteiger partial charge in [-0.15, -0.1) is 0 Å². The highest BCUT2D eigenvalue weighted by molar-refractivity contribution is 5.60. The molecule has 2 saturated carbocycles. The first-order chi connectivity index (χ1) is 15.5. The first-order valence-corrected chi connectivity index (χ1v) is 12.4. The van der Waals surface area contributed by atoms with Crippen LogP contribution >= 0.6 is 0 Å². The molecule has 2 heterocycles. The molecule has 0 radical (unpaired) electrons. The molecule has 8 nitrogen and oxygen atoms in total. The Balaban J connectivity index is 1.01. The van der Waals surface area contributed by atoms with Crippen molar-refractivity contribution < 1.29 is 38.0 Å². The summed E-state index contributed by atoms with van der Waals surface area (Å²) >= 11 is 0. The molecule has 0 aromatic carbocycles. The quantitative estimate of drug-likeness (QED) is 0.391. The van der Waals surface area contributed by atoms with E-state index in [9.17, 15) is 9.59 Å². The fourth-order valence-electron chi connectivity index (χ4n) is 5.27. The van der Waals surface area contributed by atoms with Crippen molar-refractivity contribution in [3.8, 4) is 0 Å². The summed E-state index contributed by atoms with van der Waals surface area (Å²) in [6.45, 7) is 4.40. The van der Waals surface area contributed by atoms with Crippen LogP contribution in [0.4, 0.5) is 9.59 Å². The Bertz CT molecular complexity index is 583. The standard InChI is InChI=1S/C24H38O8/c1-16-10-20(8-9-27-16)15-31-24(26)29-13-18-4-2-17(3-5-18)12-28-23(25)30-14-19-6-7-21-22(11-19)32-21/h16-22H,2-15H2,1H3. The summed E-state index contributed by atoms with van der Waals surface area (Å²) in [6.07, 6.45) is 8.76. The van der Waals surface area contributed by atoms with Crippen LogP contribution in [0.5, 0.6) is 0 Å². The predicted molar refractivity (Wildman–Crippen MR) is 114 cm³/mol. The van der Waals surface area contributed by atoms with Crippen LogP contribution in [-0.4, -0.2) is 63.7 Å². The largest absolute Gasteiger partial charge is 0.508 e. The second-order valence-corrected chi connectivity index (χ2v) is 10.1.